The third-order valence-corrected chi connectivity index (χ3v) is 4.13. The molecule has 0 aliphatic rings. The number of hydrogen-bond donors (Lipinski definition) is 2. The Morgan fingerprint density at radius 3 is 2.89 bits per heavy atom. The summed E-state index contributed by atoms with van der Waals surface area (Å²) in [6, 6.07) is 4.44. The second-order valence-electron chi connectivity index (χ2n) is 4.67. The van der Waals surface area contributed by atoms with Gasteiger partial charge < -0.3 is 10.4 Å². The lowest BCUT2D eigenvalue weighted by Gasteiger charge is -2.17. The van der Waals surface area contributed by atoms with Crippen LogP contribution in [0.5, 0.6) is 0 Å². The van der Waals surface area contributed by atoms with Crippen molar-refractivity contribution in [2.24, 2.45) is 5.92 Å². The van der Waals surface area contributed by atoms with E-state index in [-0.39, 0.29) is 6.61 Å². The number of thioether (sulfide) groups is 1. The van der Waals surface area contributed by atoms with Crippen molar-refractivity contribution in [2.45, 2.75) is 38.3 Å². The van der Waals surface area contributed by atoms with E-state index in [4.69, 9.17) is 5.11 Å². The van der Waals surface area contributed by atoms with E-state index in [1.54, 1.807) is 11.8 Å². The van der Waals surface area contributed by atoms with E-state index in [1.165, 1.54) is 5.56 Å². The Morgan fingerprint density at radius 1 is 1.44 bits per heavy atom. The van der Waals surface area contributed by atoms with Crippen LogP contribution in [0.3, 0.4) is 0 Å². The van der Waals surface area contributed by atoms with E-state index in [0.717, 1.165) is 23.7 Å². The van der Waals surface area contributed by atoms with Crippen LogP contribution in [0.15, 0.2) is 23.4 Å². The summed E-state index contributed by atoms with van der Waals surface area (Å²) in [4.78, 5) is 4.46. The molecule has 0 radical (unpaired) electrons. The zero-order chi connectivity index (χ0) is 13.4. The minimum atomic E-state index is 0.235. The van der Waals surface area contributed by atoms with Gasteiger partial charge in [-0.05, 0) is 31.9 Å². The fraction of sp³-hybridized carbons (Fsp3) is 0.643. The quantitative estimate of drug-likeness (QED) is 0.712. The summed E-state index contributed by atoms with van der Waals surface area (Å²) in [7, 11) is 0. The fourth-order valence-electron chi connectivity index (χ4n) is 1.60. The molecule has 0 aromatic carbocycles. The lowest BCUT2D eigenvalue weighted by atomic mass is 10.1. The van der Waals surface area contributed by atoms with Crippen LogP contribution in [-0.4, -0.2) is 29.0 Å². The lowest BCUT2D eigenvalue weighted by Crippen LogP contribution is -2.20. The molecule has 2 unspecified atom stereocenters. The molecule has 1 aromatic heterocycles. The highest BCUT2D eigenvalue weighted by molar-refractivity contribution is 7.99. The summed E-state index contributed by atoms with van der Waals surface area (Å²) in [5, 5.41) is 13.6. The van der Waals surface area contributed by atoms with Crippen LogP contribution in [-0.2, 0) is 0 Å². The van der Waals surface area contributed by atoms with E-state index >= 15 is 0 Å². The second-order valence-corrected chi connectivity index (χ2v) is 5.68. The normalized spacial score (nSPS) is 14.4. The van der Waals surface area contributed by atoms with Crippen LogP contribution in [0, 0.1) is 5.92 Å². The number of aliphatic hydroxyl groups is 1. The highest BCUT2D eigenvalue weighted by Crippen LogP contribution is 2.26. The highest BCUT2D eigenvalue weighted by atomic mass is 32.2. The number of hydrogen-bond acceptors (Lipinski definition) is 4. The average molecular weight is 268 g/mol. The Hall–Kier alpha value is -0.580. The minimum absolute atomic E-state index is 0.235. The third kappa shape index (κ3) is 4.96. The predicted octanol–water partition coefficient (Wildman–Crippen LogP) is 2.86. The van der Waals surface area contributed by atoms with E-state index in [0.29, 0.717) is 12.0 Å². The zero-order valence-corrected chi connectivity index (χ0v) is 12.3. The SMILES string of the molecule is CCCNC(C)c1cccnc1SCC(C)CO. The van der Waals surface area contributed by atoms with Crippen LogP contribution in [0.1, 0.15) is 38.8 Å². The highest BCUT2D eigenvalue weighted by Gasteiger charge is 2.12. The van der Waals surface area contributed by atoms with Crippen molar-refractivity contribution in [3.8, 4) is 0 Å². The summed E-state index contributed by atoms with van der Waals surface area (Å²) in [5.74, 6) is 1.21. The minimum Gasteiger partial charge on any atom is -0.396 e. The molecule has 0 fully saturated rings. The average Bonchev–Trinajstić information content (AvgIpc) is 2.42. The number of nitrogens with one attached hydrogen (secondary N) is 1. The van der Waals surface area contributed by atoms with Gasteiger partial charge in [-0.25, -0.2) is 4.98 Å². The first kappa shape index (κ1) is 15.5. The predicted molar refractivity (Wildman–Crippen MR) is 77.9 cm³/mol. The van der Waals surface area contributed by atoms with Gasteiger partial charge in [0.2, 0.25) is 0 Å². The number of aliphatic hydroxyl groups excluding tert-OH is 1. The summed E-state index contributed by atoms with van der Waals surface area (Å²) >= 11 is 1.73. The van der Waals surface area contributed by atoms with Crippen molar-refractivity contribution in [1.29, 1.82) is 0 Å². The van der Waals surface area contributed by atoms with Crippen molar-refractivity contribution >= 4 is 11.8 Å². The molecule has 2 atom stereocenters. The van der Waals surface area contributed by atoms with Gasteiger partial charge in [0.1, 0.15) is 5.03 Å². The van der Waals surface area contributed by atoms with Gasteiger partial charge in [0, 0.05) is 30.2 Å². The van der Waals surface area contributed by atoms with Crippen molar-refractivity contribution in [3.05, 3.63) is 23.9 Å². The first-order chi connectivity index (χ1) is 8.69. The van der Waals surface area contributed by atoms with Gasteiger partial charge in [0.05, 0.1) is 0 Å². The molecule has 0 aliphatic heterocycles. The molecule has 3 nitrogen and oxygen atoms in total. The molecule has 0 aliphatic carbocycles. The van der Waals surface area contributed by atoms with Crippen LogP contribution in [0.2, 0.25) is 0 Å². The Balaban J connectivity index is 2.66. The molecule has 1 aromatic rings. The Kier molecular flexibility index (Phi) is 7.32. The standard InChI is InChI=1S/C14H24N2OS/c1-4-7-15-12(3)13-6-5-8-16-14(13)18-10-11(2)9-17/h5-6,8,11-12,15,17H,4,7,9-10H2,1-3H3. The Labute approximate surface area is 114 Å². The largest absolute Gasteiger partial charge is 0.396 e. The molecule has 0 saturated heterocycles. The first-order valence-corrected chi connectivity index (χ1v) is 7.59. The molecule has 1 rings (SSSR count). The summed E-state index contributed by atoms with van der Waals surface area (Å²) in [6.07, 6.45) is 2.97. The number of rotatable bonds is 8. The first-order valence-electron chi connectivity index (χ1n) is 6.61. The van der Waals surface area contributed by atoms with Crippen LogP contribution >= 0.6 is 11.8 Å². The van der Waals surface area contributed by atoms with Gasteiger partial charge in [0.25, 0.3) is 0 Å². The molecule has 0 saturated carbocycles. The van der Waals surface area contributed by atoms with Gasteiger partial charge in [-0.2, -0.15) is 0 Å². The second kappa shape index (κ2) is 8.51. The van der Waals surface area contributed by atoms with Gasteiger partial charge >= 0.3 is 0 Å². The van der Waals surface area contributed by atoms with Gasteiger partial charge in [-0.1, -0.05) is 19.9 Å². The van der Waals surface area contributed by atoms with Crippen LogP contribution < -0.4 is 5.32 Å². The maximum absolute atomic E-state index is 9.06. The fourth-order valence-corrected chi connectivity index (χ4v) is 2.69. The van der Waals surface area contributed by atoms with Crippen molar-refractivity contribution < 1.29 is 5.11 Å². The number of nitrogens with zero attached hydrogens (tertiary/aromatic N) is 1. The monoisotopic (exact) mass is 268 g/mol. The molecule has 18 heavy (non-hydrogen) atoms. The Bertz CT molecular complexity index is 346. The van der Waals surface area contributed by atoms with Crippen LogP contribution in [0.4, 0.5) is 0 Å². The molecule has 2 N–H and O–H groups in total. The number of aromatic nitrogens is 1. The van der Waals surface area contributed by atoms with E-state index in [9.17, 15) is 0 Å². The van der Waals surface area contributed by atoms with E-state index in [1.807, 2.05) is 19.2 Å². The van der Waals surface area contributed by atoms with E-state index in [2.05, 4.69) is 30.2 Å². The Morgan fingerprint density at radius 2 is 2.22 bits per heavy atom. The summed E-state index contributed by atoms with van der Waals surface area (Å²) in [6.45, 7) is 7.65. The molecule has 0 bridgehead atoms. The third-order valence-electron chi connectivity index (χ3n) is 2.78. The topological polar surface area (TPSA) is 45.2 Å². The van der Waals surface area contributed by atoms with Crippen molar-refractivity contribution in [3.63, 3.8) is 0 Å². The maximum atomic E-state index is 9.06. The van der Waals surface area contributed by atoms with Crippen molar-refractivity contribution in [2.75, 3.05) is 18.9 Å². The van der Waals surface area contributed by atoms with E-state index < -0.39 is 0 Å². The van der Waals surface area contributed by atoms with Gasteiger partial charge in [-0.3, -0.25) is 0 Å². The smallest absolute Gasteiger partial charge is 0.101 e. The molecule has 0 amide bonds. The number of pyridine rings is 1. The summed E-state index contributed by atoms with van der Waals surface area (Å²) in [5.41, 5.74) is 1.25. The van der Waals surface area contributed by atoms with Gasteiger partial charge in [-0.15, -0.1) is 11.8 Å². The summed E-state index contributed by atoms with van der Waals surface area (Å²) < 4.78 is 0. The van der Waals surface area contributed by atoms with Crippen molar-refractivity contribution in [1.82, 2.24) is 10.3 Å². The maximum Gasteiger partial charge on any atom is 0.101 e. The molecule has 1 heterocycles. The molecular formula is C14H24N2OS. The van der Waals surface area contributed by atoms with Gasteiger partial charge in [0.15, 0.2) is 0 Å². The molecule has 0 spiro atoms. The molecule has 102 valence electrons. The molecular weight excluding hydrogens is 244 g/mol. The zero-order valence-electron chi connectivity index (χ0n) is 11.5. The lowest BCUT2D eigenvalue weighted by molar-refractivity contribution is 0.250. The van der Waals surface area contributed by atoms with Crippen LogP contribution in [0.25, 0.3) is 0 Å². The molecule has 4 heteroatoms.